The van der Waals surface area contributed by atoms with Gasteiger partial charge in [0.15, 0.2) is 23.1 Å². The van der Waals surface area contributed by atoms with E-state index in [9.17, 15) is 18.0 Å². The molecule has 1 aliphatic rings. The molecule has 0 bridgehead atoms. The SMILES string of the molecule is O=C(Nc1nc2c(N3CCCCC3)cccn2n1)c1ccc(F)c(F)c1F. The van der Waals surface area contributed by atoms with Crippen LogP contribution in [-0.4, -0.2) is 33.6 Å². The molecule has 1 aromatic carbocycles. The van der Waals surface area contributed by atoms with Crippen LogP contribution in [0.1, 0.15) is 29.6 Å². The van der Waals surface area contributed by atoms with E-state index >= 15 is 0 Å². The van der Waals surface area contributed by atoms with Gasteiger partial charge in [0.2, 0.25) is 5.95 Å². The van der Waals surface area contributed by atoms with Gasteiger partial charge in [0, 0.05) is 19.3 Å². The lowest BCUT2D eigenvalue weighted by atomic mass is 10.1. The van der Waals surface area contributed by atoms with Crippen LogP contribution in [0.25, 0.3) is 5.65 Å². The number of benzene rings is 1. The van der Waals surface area contributed by atoms with Gasteiger partial charge >= 0.3 is 0 Å². The van der Waals surface area contributed by atoms with Crippen LogP contribution >= 0.6 is 0 Å². The minimum absolute atomic E-state index is 0.0476. The van der Waals surface area contributed by atoms with Crippen molar-refractivity contribution in [3.8, 4) is 0 Å². The highest BCUT2D eigenvalue weighted by Gasteiger charge is 2.21. The molecule has 1 N–H and O–H groups in total. The molecule has 0 saturated carbocycles. The standard InChI is InChI=1S/C18H16F3N5O/c19-12-7-6-11(14(20)15(12)21)17(27)23-18-22-16-13(5-4-10-26(16)24-18)25-8-2-1-3-9-25/h4-7,10H,1-3,8-9H2,(H,23,24,27). The monoisotopic (exact) mass is 375 g/mol. The maximum Gasteiger partial charge on any atom is 0.261 e. The van der Waals surface area contributed by atoms with E-state index in [4.69, 9.17) is 0 Å². The molecule has 0 unspecified atom stereocenters. The van der Waals surface area contributed by atoms with Gasteiger partial charge in [0.05, 0.1) is 11.3 Å². The summed E-state index contributed by atoms with van der Waals surface area (Å²) in [6, 6.07) is 5.32. The smallest absolute Gasteiger partial charge is 0.261 e. The van der Waals surface area contributed by atoms with Crippen LogP contribution in [0.15, 0.2) is 30.5 Å². The molecule has 0 aliphatic carbocycles. The summed E-state index contributed by atoms with van der Waals surface area (Å²) in [6.45, 7) is 1.82. The average molecular weight is 375 g/mol. The summed E-state index contributed by atoms with van der Waals surface area (Å²) < 4.78 is 41.7. The number of carbonyl (C=O) groups is 1. The summed E-state index contributed by atoms with van der Waals surface area (Å²) in [4.78, 5) is 18.7. The van der Waals surface area contributed by atoms with Crippen molar-refractivity contribution in [3.63, 3.8) is 0 Å². The first-order valence-electron chi connectivity index (χ1n) is 8.60. The Bertz CT molecular complexity index is 1010. The van der Waals surface area contributed by atoms with Crippen LogP contribution in [0.4, 0.5) is 24.8 Å². The molecule has 6 nitrogen and oxygen atoms in total. The second kappa shape index (κ2) is 6.90. The molecule has 2 aromatic heterocycles. The normalized spacial score (nSPS) is 14.6. The van der Waals surface area contributed by atoms with Crippen molar-refractivity contribution in [2.45, 2.75) is 19.3 Å². The van der Waals surface area contributed by atoms with Crippen LogP contribution in [0.5, 0.6) is 0 Å². The third-order valence-electron chi connectivity index (χ3n) is 4.54. The number of nitrogens with one attached hydrogen (secondary N) is 1. The number of fused-ring (bicyclic) bond motifs is 1. The van der Waals surface area contributed by atoms with E-state index in [1.165, 1.54) is 10.9 Å². The summed E-state index contributed by atoms with van der Waals surface area (Å²) in [7, 11) is 0. The third kappa shape index (κ3) is 3.20. The Balaban J connectivity index is 1.63. The van der Waals surface area contributed by atoms with Crippen molar-refractivity contribution in [3.05, 3.63) is 53.5 Å². The number of pyridine rings is 1. The summed E-state index contributed by atoms with van der Waals surface area (Å²) in [5.74, 6) is -5.61. The first-order valence-corrected chi connectivity index (χ1v) is 8.60. The number of nitrogens with zero attached hydrogens (tertiary/aromatic N) is 4. The molecule has 1 amide bonds. The highest BCUT2D eigenvalue weighted by Crippen LogP contribution is 2.25. The van der Waals surface area contributed by atoms with Crippen molar-refractivity contribution in [2.24, 2.45) is 0 Å². The van der Waals surface area contributed by atoms with Gasteiger partial charge < -0.3 is 4.90 Å². The van der Waals surface area contributed by atoms with Gasteiger partial charge in [-0.15, -0.1) is 5.10 Å². The number of aromatic nitrogens is 3. The Labute approximate surface area is 152 Å². The van der Waals surface area contributed by atoms with Gasteiger partial charge in [-0.3, -0.25) is 10.1 Å². The first kappa shape index (κ1) is 17.3. The summed E-state index contributed by atoms with van der Waals surface area (Å²) >= 11 is 0. The second-order valence-corrected chi connectivity index (χ2v) is 6.32. The number of piperidine rings is 1. The number of halogens is 3. The van der Waals surface area contributed by atoms with Crippen LogP contribution in [0.2, 0.25) is 0 Å². The molecule has 140 valence electrons. The molecule has 0 atom stereocenters. The summed E-state index contributed by atoms with van der Waals surface area (Å²) in [6.07, 6.45) is 5.05. The Morgan fingerprint density at radius 1 is 1.04 bits per heavy atom. The second-order valence-electron chi connectivity index (χ2n) is 6.32. The quantitative estimate of drug-likeness (QED) is 0.713. The topological polar surface area (TPSA) is 62.5 Å². The van der Waals surface area contributed by atoms with Crippen LogP contribution in [0.3, 0.4) is 0 Å². The fourth-order valence-corrected chi connectivity index (χ4v) is 3.20. The van der Waals surface area contributed by atoms with E-state index < -0.39 is 28.9 Å². The van der Waals surface area contributed by atoms with Crippen molar-refractivity contribution in [1.29, 1.82) is 0 Å². The zero-order chi connectivity index (χ0) is 19.0. The molecule has 0 radical (unpaired) electrons. The van der Waals surface area contributed by atoms with E-state index in [0.29, 0.717) is 11.7 Å². The number of anilines is 2. The zero-order valence-electron chi connectivity index (χ0n) is 14.3. The molecule has 1 saturated heterocycles. The predicted octanol–water partition coefficient (Wildman–Crippen LogP) is 3.39. The predicted molar refractivity (Wildman–Crippen MR) is 93.3 cm³/mol. The Morgan fingerprint density at radius 2 is 1.81 bits per heavy atom. The minimum Gasteiger partial charge on any atom is -0.368 e. The maximum atomic E-state index is 13.8. The van der Waals surface area contributed by atoms with Crippen LogP contribution in [-0.2, 0) is 0 Å². The average Bonchev–Trinajstić information content (AvgIpc) is 3.09. The molecule has 27 heavy (non-hydrogen) atoms. The fraction of sp³-hybridized carbons (Fsp3) is 0.278. The van der Waals surface area contributed by atoms with Crippen LogP contribution < -0.4 is 10.2 Å². The third-order valence-corrected chi connectivity index (χ3v) is 4.54. The Hall–Kier alpha value is -3.10. The lowest BCUT2D eigenvalue weighted by molar-refractivity contribution is 0.102. The Morgan fingerprint density at radius 3 is 2.59 bits per heavy atom. The van der Waals surface area contributed by atoms with Crippen molar-refractivity contribution >= 4 is 23.2 Å². The zero-order valence-corrected chi connectivity index (χ0v) is 14.3. The van der Waals surface area contributed by atoms with Gasteiger partial charge in [-0.25, -0.2) is 17.7 Å². The van der Waals surface area contributed by atoms with E-state index in [2.05, 4.69) is 20.3 Å². The molecule has 9 heteroatoms. The summed E-state index contributed by atoms with van der Waals surface area (Å²) in [5, 5.41) is 6.50. The molecular weight excluding hydrogens is 359 g/mol. The first-order chi connectivity index (χ1) is 13.0. The van der Waals surface area contributed by atoms with Crippen LogP contribution in [0, 0.1) is 17.5 Å². The largest absolute Gasteiger partial charge is 0.368 e. The van der Waals surface area contributed by atoms with E-state index in [1.807, 2.05) is 12.1 Å². The summed E-state index contributed by atoms with van der Waals surface area (Å²) in [5.41, 5.74) is 0.827. The van der Waals surface area contributed by atoms with Crippen molar-refractivity contribution in [1.82, 2.24) is 14.6 Å². The highest BCUT2D eigenvalue weighted by molar-refractivity contribution is 6.03. The minimum atomic E-state index is -1.70. The van der Waals surface area contributed by atoms with Crippen molar-refractivity contribution < 1.29 is 18.0 Å². The van der Waals surface area contributed by atoms with Gasteiger partial charge in [-0.1, -0.05) is 0 Å². The number of rotatable bonds is 3. The van der Waals surface area contributed by atoms with Gasteiger partial charge in [0.1, 0.15) is 0 Å². The highest BCUT2D eigenvalue weighted by atomic mass is 19.2. The number of carbonyl (C=O) groups excluding carboxylic acids is 1. The van der Waals surface area contributed by atoms with Gasteiger partial charge in [-0.2, -0.15) is 4.98 Å². The van der Waals surface area contributed by atoms with Crippen molar-refractivity contribution in [2.75, 3.05) is 23.3 Å². The molecule has 1 fully saturated rings. The van der Waals surface area contributed by atoms with E-state index in [1.54, 1.807) is 6.20 Å². The van der Waals surface area contributed by atoms with E-state index in [-0.39, 0.29) is 5.95 Å². The molecule has 3 heterocycles. The van der Waals surface area contributed by atoms with Gasteiger partial charge in [0.25, 0.3) is 5.91 Å². The van der Waals surface area contributed by atoms with Gasteiger partial charge in [-0.05, 0) is 43.5 Å². The maximum absolute atomic E-state index is 13.8. The number of amides is 1. The molecule has 4 rings (SSSR count). The Kier molecular flexibility index (Phi) is 4.43. The molecule has 0 spiro atoms. The lowest BCUT2D eigenvalue weighted by Gasteiger charge is -2.28. The fourth-order valence-electron chi connectivity index (χ4n) is 3.20. The number of hydrogen-bond donors (Lipinski definition) is 1. The molecule has 1 aliphatic heterocycles. The number of hydrogen-bond acceptors (Lipinski definition) is 4. The molecule has 3 aromatic rings. The molecular formula is C18H16F3N5O. The lowest BCUT2D eigenvalue weighted by Crippen LogP contribution is -2.29. The van der Waals surface area contributed by atoms with E-state index in [0.717, 1.165) is 37.7 Å².